The molecule has 0 amide bonds. The molecule has 0 spiro atoms. The van der Waals surface area contributed by atoms with Gasteiger partial charge in [0, 0.05) is 11.6 Å². The van der Waals surface area contributed by atoms with Crippen molar-refractivity contribution in [2.24, 2.45) is 46.7 Å². The number of rotatable bonds is 8. The summed E-state index contributed by atoms with van der Waals surface area (Å²) in [4.78, 5) is 0. The van der Waals surface area contributed by atoms with Crippen LogP contribution in [0.4, 0.5) is 0 Å². The van der Waals surface area contributed by atoms with E-state index in [4.69, 9.17) is 10.5 Å². The average Bonchev–Trinajstić information content (AvgIpc) is 3.18. The van der Waals surface area contributed by atoms with Gasteiger partial charge in [-0.2, -0.15) is 0 Å². The van der Waals surface area contributed by atoms with Gasteiger partial charge in [-0.25, -0.2) is 0 Å². The minimum absolute atomic E-state index is 0.0919. The molecule has 194 valence electrons. The first-order valence-corrected chi connectivity index (χ1v) is 15.3. The lowest BCUT2D eigenvalue weighted by Gasteiger charge is -2.62. The predicted molar refractivity (Wildman–Crippen MR) is 142 cm³/mol. The van der Waals surface area contributed by atoms with E-state index in [9.17, 15) is 0 Å². The summed E-state index contributed by atoms with van der Waals surface area (Å²) in [6.45, 7) is 10.1. The SMILES string of the molecule is C=C(NC1CCCCC1)OCCCC1CCC2C3C[C@H](CC)C4CCCCC4(C)C3CCC12N. The van der Waals surface area contributed by atoms with Crippen molar-refractivity contribution in [3.63, 3.8) is 0 Å². The molecule has 3 heteroatoms. The lowest BCUT2D eigenvalue weighted by molar-refractivity contribution is -0.121. The number of hydrogen-bond donors (Lipinski definition) is 2. The summed E-state index contributed by atoms with van der Waals surface area (Å²) >= 11 is 0. The third-order valence-corrected chi connectivity index (χ3v) is 12.0. The van der Waals surface area contributed by atoms with Gasteiger partial charge >= 0.3 is 0 Å². The second-order valence-electron chi connectivity index (χ2n) is 13.5. The third-order valence-electron chi connectivity index (χ3n) is 12.0. The molecule has 0 aromatic rings. The van der Waals surface area contributed by atoms with Crippen LogP contribution in [0.15, 0.2) is 12.5 Å². The molecule has 0 heterocycles. The standard InChI is InChI=1S/C31H54N2O/c1-4-23-21-26-28(30(3)18-9-8-14-27(23)30)17-19-31(32)24(15-16-29(26)31)11-10-20-34-22(2)33-25-12-6-5-7-13-25/h23-29,33H,2,4-21,32H2,1,3H3/t23-,24?,26?,27?,28?,29?,30?,31?/m0/s1. The maximum Gasteiger partial charge on any atom is 0.179 e. The molecular weight excluding hydrogens is 416 g/mol. The van der Waals surface area contributed by atoms with Crippen LogP contribution in [0.1, 0.15) is 123 Å². The highest BCUT2D eigenvalue weighted by Gasteiger charge is 2.61. The van der Waals surface area contributed by atoms with Gasteiger partial charge in [0.1, 0.15) is 0 Å². The summed E-state index contributed by atoms with van der Waals surface area (Å²) in [5.74, 6) is 6.03. The Morgan fingerprint density at radius 1 is 0.941 bits per heavy atom. The van der Waals surface area contributed by atoms with Gasteiger partial charge in [-0.3, -0.25) is 0 Å². The number of hydrogen-bond acceptors (Lipinski definition) is 3. The van der Waals surface area contributed by atoms with Crippen molar-refractivity contribution < 1.29 is 4.74 Å². The molecular formula is C31H54N2O. The van der Waals surface area contributed by atoms with Crippen LogP contribution in [-0.4, -0.2) is 18.2 Å². The molecule has 0 aliphatic heterocycles. The average molecular weight is 471 g/mol. The third kappa shape index (κ3) is 4.57. The largest absolute Gasteiger partial charge is 0.480 e. The van der Waals surface area contributed by atoms with E-state index in [2.05, 4.69) is 25.7 Å². The minimum Gasteiger partial charge on any atom is -0.480 e. The molecule has 3 nitrogen and oxygen atoms in total. The van der Waals surface area contributed by atoms with Crippen molar-refractivity contribution in [2.75, 3.05) is 6.61 Å². The van der Waals surface area contributed by atoms with Crippen LogP contribution >= 0.6 is 0 Å². The normalized spacial score (nSPS) is 44.6. The molecule has 0 bridgehead atoms. The molecule has 8 atom stereocenters. The lowest BCUT2D eigenvalue weighted by atomic mass is 9.43. The monoisotopic (exact) mass is 470 g/mol. The van der Waals surface area contributed by atoms with Gasteiger partial charge in [-0.15, -0.1) is 0 Å². The van der Waals surface area contributed by atoms with Crippen LogP contribution in [0.2, 0.25) is 0 Å². The zero-order chi connectivity index (χ0) is 23.8. The van der Waals surface area contributed by atoms with E-state index in [0.29, 0.717) is 17.4 Å². The Bertz CT molecular complexity index is 702. The molecule has 5 aliphatic rings. The van der Waals surface area contributed by atoms with E-state index in [1.807, 2.05) is 0 Å². The van der Waals surface area contributed by atoms with Crippen LogP contribution in [0, 0.1) is 40.9 Å². The van der Waals surface area contributed by atoms with Crippen molar-refractivity contribution in [2.45, 2.75) is 135 Å². The van der Waals surface area contributed by atoms with Crippen LogP contribution in [-0.2, 0) is 4.74 Å². The Labute approximate surface area is 210 Å². The maximum atomic E-state index is 7.41. The van der Waals surface area contributed by atoms with Crippen molar-refractivity contribution in [3.05, 3.63) is 12.5 Å². The molecule has 0 radical (unpaired) electrons. The van der Waals surface area contributed by atoms with Gasteiger partial charge in [-0.1, -0.05) is 52.4 Å². The van der Waals surface area contributed by atoms with Gasteiger partial charge in [0.2, 0.25) is 0 Å². The highest BCUT2D eigenvalue weighted by molar-refractivity contribution is 5.13. The second kappa shape index (κ2) is 10.3. The first kappa shape index (κ1) is 25.0. The first-order valence-electron chi connectivity index (χ1n) is 15.3. The van der Waals surface area contributed by atoms with Crippen LogP contribution in [0.5, 0.6) is 0 Å². The molecule has 5 aliphatic carbocycles. The van der Waals surface area contributed by atoms with Gasteiger partial charge in [0.15, 0.2) is 5.88 Å². The Morgan fingerprint density at radius 3 is 2.53 bits per heavy atom. The molecule has 5 saturated carbocycles. The Kier molecular flexibility index (Phi) is 7.60. The molecule has 5 fully saturated rings. The summed E-state index contributed by atoms with van der Waals surface area (Å²) in [5.41, 5.74) is 8.10. The number of nitrogens with two attached hydrogens (primary N) is 1. The van der Waals surface area contributed by atoms with E-state index in [1.165, 1.54) is 103 Å². The Hall–Kier alpha value is -0.700. The highest BCUT2D eigenvalue weighted by Crippen LogP contribution is 2.66. The number of fused-ring (bicyclic) bond motifs is 5. The first-order chi connectivity index (χ1) is 16.5. The van der Waals surface area contributed by atoms with Gasteiger partial charge in [0.25, 0.3) is 0 Å². The molecule has 0 aromatic carbocycles. The van der Waals surface area contributed by atoms with Crippen molar-refractivity contribution in [1.82, 2.24) is 5.32 Å². The quantitative estimate of drug-likeness (QED) is 0.284. The lowest BCUT2D eigenvalue weighted by Crippen LogP contribution is -2.61. The van der Waals surface area contributed by atoms with E-state index in [-0.39, 0.29) is 5.54 Å². The summed E-state index contributed by atoms with van der Waals surface area (Å²) in [7, 11) is 0. The minimum atomic E-state index is 0.0919. The number of ether oxygens (including phenoxy) is 1. The van der Waals surface area contributed by atoms with E-state index in [0.717, 1.165) is 48.5 Å². The zero-order valence-corrected chi connectivity index (χ0v) is 22.5. The summed E-state index contributed by atoms with van der Waals surface area (Å²) < 4.78 is 6.01. The van der Waals surface area contributed by atoms with Crippen molar-refractivity contribution in [1.29, 1.82) is 0 Å². The molecule has 7 unspecified atom stereocenters. The number of nitrogens with one attached hydrogen (secondary N) is 1. The fraction of sp³-hybridized carbons (Fsp3) is 0.935. The van der Waals surface area contributed by atoms with Crippen LogP contribution < -0.4 is 11.1 Å². The highest BCUT2D eigenvalue weighted by atomic mass is 16.5. The molecule has 5 rings (SSSR count). The van der Waals surface area contributed by atoms with E-state index >= 15 is 0 Å². The smallest absolute Gasteiger partial charge is 0.179 e. The summed E-state index contributed by atoms with van der Waals surface area (Å²) in [5, 5.41) is 3.53. The Morgan fingerprint density at radius 2 is 1.74 bits per heavy atom. The molecule has 0 saturated heterocycles. The maximum absolute atomic E-state index is 7.41. The summed E-state index contributed by atoms with van der Waals surface area (Å²) in [6, 6.07) is 0.576. The topological polar surface area (TPSA) is 47.3 Å². The van der Waals surface area contributed by atoms with Crippen molar-refractivity contribution >= 4 is 0 Å². The fourth-order valence-corrected chi connectivity index (χ4v) is 10.3. The Balaban J connectivity index is 1.15. The van der Waals surface area contributed by atoms with E-state index < -0.39 is 0 Å². The fourth-order valence-electron chi connectivity index (χ4n) is 10.3. The summed E-state index contributed by atoms with van der Waals surface area (Å²) in [6.07, 6.45) is 23.2. The van der Waals surface area contributed by atoms with Gasteiger partial charge in [0.05, 0.1) is 6.61 Å². The van der Waals surface area contributed by atoms with Crippen molar-refractivity contribution in [3.8, 4) is 0 Å². The van der Waals surface area contributed by atoms with Crippen LogP contribution in [0.3, 0.4) is 0 Å². The van der Waals surface area contributed by atoms with Crippen LogP contribution in [0.25, 0.3) is 0 Å². The molecule has 0 aromatic heterocycles. The zero-order valence-electron chi connectivity index (χ0n) is 22.5. The second-order valence-corrected chi connectivity index (χ2v) is 13.5. The van der Waals surface area contributed by atoms with E-state index in [1.54, 1.807) is 0 Å². The molecule has 34 heavy (non-hydrogen) atoms. The van der Waals surface area contributed by atoms with Gasteiger partial charge < -0.3 is 15.8 Å². The molecule has 3 N–H and O–H groups in total. The van der Waals surface area contributed by atoms with Gasteiger partial charge in [-0.05, 0) is 118 Å². The predicted octanol–water partition coefficient (Wildman–Crippen LogP) is 7.55.